The van der Waals surface area contributed by atoms with Crippen LogP contribution in [0.1, 0.15) is 16.2 Å². The summed E-state index contributed by atoms with van der Waals surface area (Å²) in [7, 11) is 1.37. The molecule has 0 aliphatic rings. The number of carbonyl (C=O) groups is 1. The summed E-state index contributed by atoms with van der Waals surface area (Å²) in [6.07, 6.45) is 1.95. The van der Waals surface area contributed by atoms with Crippen molar-refractivity contribution in [2.24, 2.45) is 0 Å². The number of esters is 1. The topological polar surface area (TPSA) is 44.1 Å². The summed E-state index contributed by atoms with van der Waals surface area (Å²) in [5.74, 6) is 0.302. The number of nitrogens with zero attached hydrogens (tertiary/aromatic N) is 2. The smallest absolute Gasteiger partial charge is 0.356 e. The van der Waals surface area contributed by atoms with Crippen molar-refractivity contribution in [2.45, 2.75) is 11.2 Å². The van der Waals surface area contributed by atoms with Gasteiger partial charge in [0.25, 0.3) is 0 Å². The molecule has 6 heteroatoms. The maximum absolute atomic E-state index is 11.3. The summed E-state index contributed by atoms with van der Waals surface area (Å²) >= 11 is 4.89. The van der Waals surface area contributed by atoms with E-state index < -0.39 is 0 Å². The number of carbonyl (C=O) groups excluding carboxylic acids is 1. The maximum Gasteiger partial charge on any atom is 0.356 e. The number of hydrogen-bond acceptors (Lipinski definition) is 4. The van der Waals surface area contributed by atoms with E-state index >= 15 is 0 Å². The minimum atomic E-state index is -0.348. The molecule has 78 valence electrons. The van der Waals surface area contributed by atoms with E-state index in [2.05, 4.69) is 25.8 Å². The molecule has 0 saturated heterocycles. The summed E-state index contributed by atoms with van der Waals surface area (Å²) in [5.41, 5.74) is 1.33. The van der Waals surface area contributed by atoms with Crippen LogP contribution in [0.3, 0.4) is 0 Å². The first-order chi connectivity index (χ1) is 6.72. The molecule has 1 heterocycles. The molecule has 0 aliphatic carbocycles. The normalized spacial score (nSPS) is 10.2. The van der Waals surface area contributed by atoms with Crippen LogP contribution in [0, 0.1) is 0 Å². The predicted molar refractivity (Wildman–Crippen MR) is 59.7 cm³/mol. The highest BCUT2D eigenvalue weighted by Gasteiger charge is 2.14. The van der Waals surface area contributed by atoms with Crippen LogP contribution in [-0.2, 0) is 15.9 Å². The standard InChI is InChI=1S/C8H11BrN2O2S/c1-13-8(12)7-3-6(4-9)10-11(7)5-14-2/h3H,4-5H2,1-2H3. The van der Waals surface area contributed by atoms with E-state index in [-0.39, 0.29) is 5.97 Å². The van der Waals surface area contributed by atoms with Gasteiger partial charge in [0.05, 0.1) is 18.7 Å². The van der Waals surface area contributed by atoms with Crippen LogP contribution in [0.4, 0.5) is 0 Å². The predicted octanol–water partition coefficient (Wildman–Crippen LogP) is 1.89. The minimum absolute atomic E-state index is 0.348. The van der Waals surface area contributed by atoms with Gasteiger partial charge in [0.1, 0.15) is 5.69 Å². The highest BCUT2D eigenvalue weighted by molar-refractivity contribution is 9.08. The molecule has 14 heavy (non-hydrogen) atoms. The zero-order chi connectivity index (χ0) is 10.6. The largest absolute Gasteiger partial charge is 0.464 e. The van der Waals surface area contributed by atoms with Gasteiger partial charge in [-0.3, -0.25) is 0 Å². The van der Waals surface area contributed by atoms with Crippen LogP contribution >= 0.6 is 27.7 Å². The van der Waals surface area contributed by atoms with Gasteiger partial charge < -0.3 is 4.74 Å². The van der Waals surface area contributed by atoms with Crippen molar-refractivity contribution in [1.29, 1.82) is 0 Å². The number of methoxy groups -OCH3 is 1. The lowest BCUT2D eigenvalue weighted by atomic mass is 10.4. The summed E-state index contributed by atoms with van der Waals surface area (Å²) in [5, 5.41) is 4.87. The lowest BCUT2D eigenvalue weighted by molar-refractivity contribution is 0.0588. The van der Waals surface area contributed by atoms with Crippen LogP contribution in [0.5, 0.6) is 0 Å². The van der Waals surface area contributed by atoms with Gasteiger partial charge in [-0.15, -0.1) is 11.8 Å². The first kappa shape index (κ1) is 11.6. The second kappa shape index (κ2) is 5.41. The quantitative estimate of drug-likeness (QED) is 0.623. The van der Waals surface area contributed by atoms with E-state index in [1.807, 2.05) is 6.26 Å². The Morgan fingerprint density at radius 3 is 3.00 bits per heavy atom. The molecule has 1 rings (SSSR count). The molecule has 0 bridgehead atoms. The third-order valence-electron chi connectivity index (χ3n) is 1.61. The lowest BCUT2D eigenvalue weighted by Gasteiger charge is -2.02. The highest BCUT2D eigenvalue weighted by atomic mass is 79.9. The molecule has 0 aromatic carbocycles. The second-order valence-corrected chi connectivity index (χ2v) is 3.96. The number of alkyl halides is 1. The van der Waals surface area contributed by atoms with Crippen molar-refractivity contribution in [2.75, 3.05) is 13.4 Å². The summed E-state index contributed by atoms with van der Waals surface area (Å²) in [6, 6.07) is 1.73. The molecule has 0 fully saturated rings. The molecule has 0 radical (unpaired) electrons. The molecule has 0 N–H and O–H groups in total. The van der Waals surface area contributed by atoms with E-state index in [0.717, 1.165) is 5.69 Å². The zero-order valence-corrected chi connectivity index (χ0v) is 10.4. The Bertz CT molecular complexity index is 327. The number of aromatic nitrogens is 2. The molecule has 1 aromatic heterocycles. The average molecular weight is 279 g/mol. The minimum Gasteiger partial charge on any atom is -0.464 e. The molecule has 1 aromatic rings. The molecule has 0 unspecified atom stereocenters. The molecule has 0 amide bonds. The second-order valence-electron chi connectivity index (χ2n) is 2.56. The maximum atomic E-state index is 11.3. The Hall–Kier alpha value is -0.490. The van der Waals surface area contributed by atoms with Gasteiger partial charge in [0, 0.05) is 5.33 Å². The SMILES string of the molecule is COC(=O)c1cc(CBr)nn1CSC. The fourth-order valence-electron chi connectivity index (χ4n) is 1.02. The van der Waals surface area contributed by atoms with Gasteiger partial charge >= 0.3 is 5.97 Å². The third-order valence-corrected chi connectivity index (χ3v) is 2.69. The Kier molecular flexibility index (Phi) is 4.47. The van der Waals surface area contributed by atoms with Crippen LogP contribution in [0.15, 0.2) is 6.07 Å². The van der Waals surface area contributed by atoms with E-state index in [0.29, 0.717) is 16.9 Å². The van der Waals surface area contributed by atoms with Gasteiger partial charge in [-0.05, 0) is 12.3 Å². The summed E-state index contributed by atoms with van der Waals surface area (Å²) in [6.45, 7) is 0. The van der Waals surface area contributed by atoms with Crippen molar-refractivity contribution >= 4 is 33.7 Å². The molecule has 0 saturated carbocycles. The highest BCUT2D eigenvalue weighted by Crippen LogP contribution is 2.11. The van der Waals surface area contributed by atoms with Crippen molar-refractivity contribution in [3.63, 3.8) is 0 Å². The first-order valence-electron chi connectivity index (χ1n) is 3.93. The summed E-state index contributed by atoms with van der Waals surface area (Å²) < 4.78 is 6.30. The fraction of sp³-hybridized carbons (Fsp3) is 0.500. The molecule has 0 aliphatic heterocycles. The van der Waals surface area contributed by atoms with Gasteiger partial charge in [0.2, 0.25) is 0 Å². The molecular weight excluding hydrogens is 268 g/mol. The number of rotatable bonds is 4. The van der Waals surface area contributed by atoms with Crippen molar-refractivity contribution in [3.05, 3.63) is 17.5 Å². The zero-order valence-electron chi connectivity index (χ0n) is 7.99. The Labute approximate surface area is 95.1 Å². The van der Waals surface area contributed by atoms with Crippen LogP contribution in [0.25, 0.3) is 0 Å². The summed E-state index contributed by atoms with van der Waals surface area (Å²) in [4.78, 5) is 11.3. The van der Waals surface area contributed by atoms with Crippen molar-refractivity contribution in [3.8, 4) is 0 Å². The fourth-order valence-corrected chi connectivity index (χ4v) is 1.74. The third kappa shape index (κ3) is 2.51. The Morgan fingerprint density at radius 1 is 1.79 bits per heavy atom. The van der Waals surface area contributed by atoms with Crippen LogP contribution in [-0.4, -0.2) is 29.1 Å². The number of halogens is 1. The first-order valence-corrected chi connectivity index (χ1v) is 6.44. The Balaban J connectivity index is 2.99. The van der Waals surface area contributed by atoms with E-state index in [4.69, 9.17) is 0 Å². The van der Waals surface area contributed by atoms with E-state index in [1.165, 1.54) is 7.11 Å². The molecule has 0 spiro atoms. The van der Waals surface area contributed by atoms with Crippen LogP contribution < -0.4 is 0 Å². The molecular formula is C8H11BrN2O2S. The van der Waals surface area contributed by atoms with Gasteiger partial charge in [-0.2, -0.15) is 5.10 Å². The number of hydrogen-bond donors (Lipinski definition) is 0. The molecule has 4 nitrogen and oxygen atoms in total. The lowest BCUT2D eigenvalue weighted by Crippen LogP contribution is -2.10. The van der Waals surface area contributed by atoms with Crippen molar-refractivity contribution in [1.82, 2.24) is 9.78 Å². The van der Waals surface area contributed by atoms with E-state index in [1.54, 1.807) is 22.5 Å². The van der Waals surface area contributed by atoms with Crippen molar-refractivity contribution < 1.29 is 9.53 Å². The van der Waals surface area contributed by atoms with Gasteiger partial charge in [-0.1, -0.05) is 15.9 Å². The number of thioether (sulfide) groups is 1. The molecule has 0 atom stereocenters. The number of ether oxygens (including phenoxy) is 1. The Morgan fingerprint density at radius 2 is 2.50 bits per heavy atom. The average Bonchev–Trinajstić information content (AvgIpc) is 2.61. The van der Waals surface area contributed by atoms with Crippen LogP contribution in [0.2, 0.25) is 0 Å². The van der Waals surface area contributed by atoms with Gasteiger partial charge in [-0.25, -0.2) is 9.48 Å². The van der Waals surface area contributed by atoms with Gasteiger partial charge in [0.15, 0.2) is 0 Å². The van der Waals surface area contributed by atoms with E-state index in [9.17, 15) is 4.79 Å². The monoisotopic (exact) mass is 278 g/mol.